The van der Waals surface area contributed by atoms with Crippen molar-refractivity contribution in [3.05, 3.63) is 6.92 Å². The van der Waals surface area contributed by atoms with E-state index < -0.39 is 5.79 Å². The minimum atomic E-state index is -0.573. The Balaban J connectivity index is 2.59. The Bertz CT molecular complexity index is 151. The molecule has 1 heterocycles. The number of methoxy groups -OCH3 is 2. The Morgan fingerprint density at radius 3 is 2.77 bits per heavy atom. The molecule has 0 aromatic carbocycles. The fourth-order valence-corrected chi connectivity index (χ4v) is 1.44. The van der Waals surface area contributed by atoms with Gasteiger partial charge in [0.05, 0.1) is 6.54 Å². The smallest absolute Gasteiger partial charge is 0.180 e. The van der Waals surface area contributed by atoms with Gasteiger partial charge in [0.15, 0.2) is 12.1 Å². The Morgan fingerprint density at radius 1 is 1.62 bits per heavy atom. The summed E-state index contributed by atoms with van der Waals surface area (Å²) in [5, 5.41) is 0. The van der Waals surface area contributed by atoms with Crippen LogP contribution in [0.25, 0.3) is 0 Å². The van der Waals surface area contributed by atoms with Crippen molar-refractivity contribution in [3.8, 4) is 0 Å². The van der Waals surface area contributed by atoms with Crippen molar-refractivity contribution in [1.82, 2.24) is 4.90 Å². The molecule has 0 saturated carbocycles. The van der Waals surface area contributed by atoms with Gasteiger partial charge in [-0.15, -0.1) is 0 Å². The summed E-state index contributed by atoms with van der Waals surface area (Å²) in [5.74, 6) is -0.573. The van der Waals surface area contributed by atoms with Gasteiger partial charge in [0.1, 0.15) is 0 Å². The van der Waals surface area contributed by atoms with Crippen LogP contribution < -0.4 is 0 Å². The zero-order valence-corrected chi connectivity index (χ0v) is 8.58. The van der Waals surface area contributed by atoms with E-state index in [1.165, 1.54) is 0 Å². The van der Waals surface area contributed by atoms with Gasteiger partial charge in [-0.3, -0.25) is 4.90 Å². The van der Waals surface area contributed by atoms with Gasteiger partial charge in [-0.1, -0.05) is 0 Å². The van der Waals surface area contributed by atoms with E-state index in [1.54, 1.807) is 14.2 Å². The number of hydrogen-bond acceptors (Lipinski definition) is 4. The van der Waals surface area contributed by atoms with Crippen molar-refractivity contribution in [2.75, 3.05) is 33.9 Å². The van der Waals surface area contributed by atoms with E-state index in [0.717, 1.165) is 19.6 Å². The number of rotatable bonds is 3. The van der Waals surface area contributed by atoms with Gasteiger partial charge in [0.25, 0.3) is 0 Å². The summed E-state index contributed by atoms with van der Waals surface area (Å²) in [5.41, 5.74) is 0. The molecular formula is C9H18NO3. The average Bonchev–Trinajstić information content (AvgIpc) is 2.17. The van der Waals surface area contributed by atoms with Gasteiger partial charge < -0.3 is 14.2 Å². The van der Waals surface area contributed by atoms with Crippen molar-refractivity contribution >= 4 is 0 Å². The highest BCUT2D eigenvalue weighted by Gasteiger charge is 2.36. The van der Waals surface area contributed by atoms with Crippen LogP contribution in [0.2, 0.25) is 0 Å². The molecule has 4 nitrogen and oxygen atoms in total. The second-order valence-electron chi connectivity index (χ2n) is 3.36. The molecule has 1 saturated heterocycles. The number of nitrogens with zero attached hydrogens (tertiary/aromatic N) is 1. The van der Waals surface area contributed by atoms with Crippen LogP contribution in [-0.2, 0) is 14.2 Å². The van der Waals surface area contributed by atoms with Crippen LogP contribution in [0.15, 0.2) is 0 Å². The number of ether oxygens (including phenoxy) is 3. The summed E-state index contributed by atoms with van der Waals surface area (Å²) in [6.07, 6.45) is -0.222. The molecular weight excluding hydrogens is 170 g/mol. The first-order valence-electron chi connectivity index (χ1n) is 4.41. The van der Waals surface area contributed by atoms with Crippen molar-refractivity contribution in [3.63, 3.8) is 0 Å². The lowest BCUT2D eigenvalue weighted by molar-refractivity contribution is -0.320. The predicted octanol–water partition coefficient (Wildman–Crippen LogP) is 0.488. The van der Waals surface area contributed by atoms with Crippen LogP contribution in [0.3, 0.4) is 0 Å². The molecule has 0 amide bonds. The molecule has 0 aromatic rings. The number of hydrogen-bond donors (Lipinski definition) is 0. The molecule has 0 aliphatic carbocycles. The summed E-state index contributed by atoms with van der Waals surface area (Å²) >= 11 is 0. The van der Waals surface area contributed by atoms with E-state index in [9.17, 15) is 0 Å². The molecule has 4 heteroatoms. The predicted molar refractivity (Wildman–Crippen MR) is 49.1 cm³/mol. The maximum absolute atomic E-state index is 5.59. The fourth-order valence-electron chi connectivity index (χ4n) is 1.44. The summed E-state index contributed by atoms with van der Waals surface area (Å²) in [7, 11) is 3.27. The lowest BCUT2D eigenvalue weighted by Gasteiger charge is -2.42. The second kappa shape index (κ2) is 4.37. The topological polar surface area (TPSA) is 30.9 Å². The summed E-state index contributed by atoms with van der Waals surface area (Å²) in [6.45, 7) is 7.96. The Labute approximate surface area is 79.8 Å². The van der Waals surface area contributed by atoms with Crippen LogP contribution in [-0.4, -0.2) is 50.8 Å². The zero-order chi connectivity index (χ0) is 9.90. The van der Waals surface area contributed by atoms with Gasteiger partial charge in [0, 0.05) is 20.8 Å². The SMILES string of the molecule is [CH2]CN1CC(OC)OC(C)(OC)C1. The van der Waals surface area contributed by atoms with Crippen molar-refractivity contribution < 1.29 is 14.2 Å². The molecule has 0 spiro atoms. The Kier molecular flexibility index (Phi) is 3.67. The van der Waals surface area contributed by atoms with Crippen molar-refractivity contribution in [2.24, 2.45) is 0 Å². The van der Waals surface area contributed by atoms with Crippen molar-refractivity contribution in [2.45, 2.75) is 19.0 Å². The first-order valence-corrected chi connectivity index (χ1v) is 4.41. The minimum Gasteiger partial charge on any atom is -0.354 e. The Morgan fingerprint density at radius 2 is 2.31 bits per heavy atom. The molecule has 2 unspecified atom stereocenters. The van der Waals surface area contributed by atoms with Gasteiger partial charge >= 0.3 is 0 Å². The van der Waals surface area contributed by atoms with Crippen LogP contribution in [0.1, 0.15) is 6.92 Å². The van der Waals surface area contributed by atoms with E-state index in [0.29, 0.717) is 0 Å². The largest absolute Gasteiger partial charge is 0.354 e. The van der Waals surface area contributed by atoms with Gasteiger partial charge in [-0.05, 0) is 20.4 Å². The fraction of sp³-hybridized carbons (Fsp3) is 0.889. The maximum Gasteiger partial charge on any atom is 0.180 e. The standard InChI is InChI=1S/C9H18NO3/c1-5-10-6-8(11-3)13-9(2,7-10)12-4/h8H,1,5-7H2,2-4H3. The molecule has 1 rings (SSSR count). The summed E-state index contributed by atoms with van der Waals surface area (Å²) in [6, 6.07) is 0. The molecule has 0 N–H and O–H groups in total. The molecule has 0 aromatic heterocycles. The van der Waals surface area contributed by atoms with E-state index in [-0.39, 0.29) is 6.29 Å². The van der Waals surface area contributed by atoms with Gasteiger partial charge in [0.2, 0.25) is 0 Å². The van der Waals surface area contributed by atoms with E-state index >= 15 is 0 Å². The van der Waals surface area contributed by atoms with Crippen LogP contribution in [0.4, 0.5) is 0 Å². The highest BCUT2D eigenvalue weighted by Crippen LogP contribution is 2.21. The molecule has 13 heavy (non-hydrogen) atoms. The van der Waals surface area contributed by atoms with Gasteiger partial charge in [-0.2, -0.15) is 0 Å². The second-order valence-corrected chi connectivity index (χ2v) is 3.36. The lowest BCUT2D eigenvalue weighted by Crippen LogP contribution is -2.55. The molecule has 2 atom stereocenters. The zero-order valence-electron chi connectivity index (χ0n) is 8.58. The third-order valence-electron chi connectivity index (χ3n) is 2.31. The first kappa shape index (κ1) is 10.9. The average molecular weight is 188 g/mol. The van der Waals surface area contributed by atoms with Crippen LogP contribution in [0.5, 0.6) is 0 Å². The highest BCUT2D eigenvalue weighted by atomic mass is 16.8. The molecule has 1 radical (unpaired) electrons. The molecule has 1 fully saturated rings. The molecule has 1 aliphatic heterocycles. The van der Waals surface area contributed by atoms with E-state index in [2.05, 4.69) is 11.8 Å². The molecule has 77 valence electrons. The van der Waals surface area contributed by atoms with E-state index in [1.807, 2.05) is 6.92 Å². The summed E-state index contributed by atoms with van der Waals surface area (Å²) in [4.78, 5) is 2.14. The third kappa shape index (κ3) is 2.64. The normalized spacial score (nSPS) is 36.5. The molecule has 1 aliphatic rings. The summed E-state index contributed by atoms with van der Waals surface area (Å²) < 4.78 is 16.0. The number of morpholine rings is 1. The van der Waals surface area contributed by atoms with Crippen LogP contribution in [0, 0.1) is 6.92 Å². The minimum absolute atomic E-state index is 0.222. The Hall–Kier alpha value is -0.160. The highest BCUT2D eigenvalue weighted by molar-refractivity contribution is 4.77. The van der Waals surface area contributed by atoms with Crippen LogP contribution >= 0.6 is 0 Å². The van der Waals surface area contributed by atoms with E-state index in [4.69, 9.17) is 14.2 Å². The first-order chi connectivity index (χ1) is 6.13. The maximum atomic E-state index is 5.59. The van der Waals surface area contributed by atoms with Crippen molar-refractivity contribution in [1.29, 1.82) is 0 Å². The molecule has 0 bridgehead atoms. The van der Waals surface area contributed by atoms with Gasteiger partial charge in [-0.25, -0.2) is 0 Å². The quantitative estimate of drug-likeness (QED) is 0.645. The lowest BCUT2D eigenvalue weighted by atomic mass is 10.2. The monoisotopic (exact) mass is 188 g/mol. The third-order valence-corrected chi connectivity index (χ3v) is 2.31.